The molecule has 0 heterocycles. The minimum Gasteiger partial charge on any atom is -0.507 e. The highest BCUT2D eigenvalue weighted by Crippen LogP contribution is 2.27. The van der Waals surface area contributed by atoms with Gasteiger partial charge in [-0.25, -0.2) is 0 Å². The molecule has 0 aromatic heterocycles. The van der Waals surface area contributed by atoms with E-state index < -0.39 is 0 Å². The molecule has 2 aromatic rings. The topological polar surface area (TPSA) is 20.2 Å². The standard InChI is InChI=1S/C12H9O/c13-12-9-5-4-8-11(12)10-6-2-1-3-7-10/h1-8,13H. The maximum Gasteiger partial charge on any atom is 0.131 e. The van der Waals surface area contributed by atoms with Crippen molar-refractivity contribution in [2.75, 3.05) is 0 Å². The summed E-state index contributed by atoms with van der Waals surface area (Å²) in [5, 5.41) is 9.51. The van der Waals surface area contributed by atoms with Crippen molar-refractivity contribution in [3.63, 3.8) is 0 Å². The van der Waals surface area contributed by atoms with E-state index in [9.17, 15) is 5.11 Å². The third-order valence-corrected chi connectivity index (χ3v) is 1.92. The summed E-state index contributed by atoms with van der Waals surface area (Å²) in [6.07, 6.45) is 0. The Bertz CT molecular complexity index is 393. The van der Waals surface area contributed by atoms with Gasteiger partial charge in [0.25, 0.3) is 0 Å². The molecule has 0 atom stereocenters. The van der Waals surface area contributed by atoms with Crippen molar-refractivity contribution in [3.05, 3.63) is 54.6 Å². The first-order valence-corrected chi connectivity index (χ1v) is 4.13. The molecule has 0 fully saturated rings. The van der Waals surface area contributed by atoms with Gasteiger partial charge in [0.15, 0.2) is 0 Å². The van der Waals surface area contributed by atoms with Gasteiger partial charge in [0, 0.05) is 11.6 Å². The van der Waals surface area contributed by atoms with Crippen LogP contribution in [0.2, 0.25) is 0 Å². The van der Waals surface area contributed by atoms with Gasteiger partial charge in [0.1, 0.15) is 5.75 Å². The Hall–Kier alpha value is -1.76. The third-order valence-electron chi connectivity index (χ3n) is 1.92. The van der Waals surface area contributed by atoms with Crippen molar-refractivity contribution in [3.8, 4) is 16.9 Å². The molecule has 2 aromatic carbocycles. The van der Waals surface area contributed by atoms with Gasteiger partial charge in [-0.1, -0.05) is 48.5 Å². The van der Waals surface area contributed by atoms with Crippen molar-refractivity contribution in [1.29, 1.82) is 0 Å². The van der Waals surface area contributed by atoms with E-state index in [2.05, 4.69) is 6.07 Å². The lowest BCUT2D eigenvalue weighted by Crippen LogP contribution is -1.77. The average molecular weight is 169 g/mol. The number of aromatic hydroxyl groups is 1. The molecular weight excluding hydrogens is 160 g/mol. The number of rotatable bonds is 1. The minimum atomic E-state index is 0.203. The van der Waals surface area contributed by atoms with E-state index in [-0.39, 0.29) is 5.75 Å². The Kier molecular flexibility index (Phi) is 2.01. The van der Waals surface area contributed by atoms with Gasteiger partial charge in [-0.05, 0) is 5.56 Å². The number of hydrogen-bond acceptors (Lipinski definition) is 1. The van der Waals surface area contributed by atoms with Crippen LogP contribution >= 0.6 is 0 Å². The normalized spacial score (nSPS) is 9.85. The summed E-state index contributed by atoms with van der Waals surface area (Å²) in [7, 11) is 0. The van der Waals surface area contributed by atoms with Crippen LogP contribution in [0.4, 0.5) is 0 Å². The van der Waals surface area contributed by atoms with Crippen LogP contribution in [0.15, 0.2) is 48.5 Å². The van der Waals surface area contributed by atoms with Crippen molar-refractivity contribution in [1.82, 2.24) is 0 Å². The predicted octanol–water partition coefficient (Wildman–Crippen LogP) is 2.86. The molecule has 1 nitrogen and oxygen atoms in total. The van der Waals surface area contributed by atoms with Crippen molar-refractivity contribution < 1.29 is 5.11 Å². The number of phenolic OH excluding ortho intramolecular Hbond substituents is 1. The van der Waals surface area contributed by atoms with Gasteiger partial charge in [-0.2, -0.15) is 0 Å². The summed E-state index contributed by atoms with van der Waals surface area (Å²) in [4.78, 5) is 0. The molecule has 13 heavy (non-hydrogen) atoms. The summed E-state index contributed by atoms with van der Waals surface area (Å²) >= 11 is 0. The summed E-state index contributed by atoms with van der Waals surface area (Å²) in [6.45, 7) is 0. The van der Waals surface area contributed by atoms with E-state index in [0.29, 0.717) is 0 Å². The van der Waals surface area contributed by atoms with E-state index in [0.717, 1.165) is 11.1 Å². The lowest BCUT2D eigenvalue weighted by Gasteiger charge is -2.02. The van der Waals surface area contributed by atoms with Crippen LogP contribution < -0.4 is 0 Å². The van der Waals surface area contributed by atoms with Gasteiger partial charge in [0.05, 0.1) is 0 Å². The molecular formula is C12H9O. The highest BCUT2D eigenvalue weighted by atomic mass is 16.3. The van der Waals surface area contributed by atoms with Crippen LogP contribution in [0.5, 0.6) is 5.75 Å². The van der Waals surface area contributed by atoms with E-state index in [1.807, 2.05) is 42.5 Å². The van der Waals surface area contributed by atoms with Crippen LogP contribution in [0, 0.1) is 6.07 Å². The Labute approximate surface area is 77.3 Å². The number of benzene rings is 2. The molecule has 63 valence electrons. The molecule has 0 unspecified atom stereocenters. The molecule has 2 rings (SSSR count). The first-order valence-electron chi connectivity index (χ1n) is 4.13. The molecule has 0 aliphatic heterocycles. The Morgan fingerprint density at radius 2 is 1.69 bits per heavy atom. The Balaban J connectivity index is 2.54. The minimum absolute atomic E-state index is 0.203. The summed E-state index contributed by atoms with van der Waals surface area (Å²) < 4.78 is 0. The molecule has 1 heteroatoms. The fourth-order valence-electron chi connectivity index (χ4n) is 1.28. The van der Waals surface area contributed by atoms with Crippen LogP contribution in [-0.4, -0.2) is 5.11 Å². The first-order chi connectivity index (χ1) is 6.38. The van der Waals surface area contributed by atoms with Crippen molar-refractivity contribution >= 4 is 0 Å². The maximum atomic E-state index is 9.51. The highest BCUT2D eigenvalue weighted by Gasteiger charge is 2.00. The Morgan fingerprint density at radius 3 is 2.38 bits per heavy atom. The maximum absolute atomic E-state index is 9.51. The lowest BCUT2D eigenvalue weighted by atomic mass is 10.1. The summed E-state index contributed by atoms with van der Waals surface area (Å²) in [5.74, 6) is 0.203. The SMILES string of the molecule is Oc1[c]cccc1-c1ccccc1. The smallest absolute Gasteiger partial charge is 0.131 e. The van der Waals surface area contributed by atoms with Gasteiger partial charge >= 0.3 is 0 Å². The van der Waals surface area contributed by atoms with Gasteiger partial charge < -0.3 is 5.11 Å². The van der Waals surface area contributed by atoms with E-state index in [1.165, 1.54) is 0 Å². The second-order valence-electron chi connectivity index (χ2n) is 2.80. The molecule has 0 spiro atoms. The fraction of sp³-hybridized carbons (Fsp3) is 0. The van der Waals surface area contributed by atoms with Crippen LogP contribution in [0.25, 0.3) is 11.1 Å². The van der Waals surface area contributed by atoms with Crippen LogP contribution in [0.1, 0.15) is 0 Å². The average Bonchev–Trinajstić information content (AvgIpc) is 2.20. The lowest BCUT2D eigenvalue weighted by molar-refractivity contribution is 0.476. The van der Waals surface area contributed by atoms with E-state index in [1.54, 1.807) is 6.07 Å². The van der Waals surface area contributed by atoms with Gasteiger partial charge in [-0.15, -0.1) is 0 Å². The van der Waals surface area contributed by atoms with Crippen molar-refractivity contribution in [2.45, 2.75) is 0 Å². The van der Waals surface area contributed by atoms with Gasteiger partial charge in [-0.3, -0.25) is 0 Å². The molecule has 0 saturated heterocycles. The number of phenols is 1. The van der Waals surface area contributed by atoms with Crippen LogP contribution in [-0.2, 0) is 0 Å². The molecule has 1 N–H and O–H groups in total. The summed E-state index contributed by atoms with van der Waals surface area (Å²) in [5.41, 5.74) is 1.83. The predicted molar refractivity (Wildman–Crippen MR) is 52.4 cm³/mol. The first kappa shape index (κ1) is 7.87. The van der Waals surface area contributed by atoms with Gasteiger partial charge in [0.2, 0.25) is 0 Å². The second-order valence-corrected chi connectivity index (χ2v) is 2.80. The molecule has 0 aliphatic rings. The third kappa shape index (κ3) is 1.54. The number of para-hydroxylation sites is 1. The van der Waals surface area contributed by atoms with Crippen LogP contribution in [0.3, 0.4) is 0 Å². The molecule has 0 bridgehead atoms. The Morgan fingerprint density at radius 1 is 0.923 bits per heavy atom. The molecule has 0 saturated carbocycles. The zero-order chi connectivity index (χ0) is 9.10. The highest BCUT2D eigenvalue weighted by molar-refractivity contribution is 5.69. The summed E-state index contributed by atoms with van der Waals surface area (Å²) in [6, 6.07) is 18.0. The van der Waals surface area contributed by atoms with E-state index in [4.69, 9.17) is 0 Å². The molecule has 0 amide bonds. The zero-order valence-corrected chi connectivity index (χ0v) is 7.07. The number of hydrogen-bond donors (Lipinski definition) is 1. The molecule has 0 aliphatic carbocycles. The second kappa shape index (κ2) is 3.31. The van der Waals surface area contributed by atoms with Crippen molar-refractivity contribution in [2.24, 2.45) is 0 Å². The monoisotopic (exact) mass is 169 g/mol. The fourth-order valence-corrected chi connectivity index (χ4v) is 1.28. The quantitative estimate of drug-likeness (QED) is 0.696. The largest absolute Gasteiger partial charge is 0.507 e. The zero-order valence-electron chi connectivity index (χ0n) is 7.07. The molecule has 1 radical (unpaired) electrons. The van der Waals surface area contributed by atoms with E-state index >= 15 is 0 Å².